The molecule has 1 fully saturated rings. The zero-order chi connectivity index (χ0) is 12.5. The zero-order valence-corrected chi connectivity index (χ0v) is 10.5. The first kappa shape index (κ1) is 12.4. The van der Waals surface area contributed by atoms with Crippen LogP contribution in [0.15, 0.2) is 18.2 Å². The Morgan fingerprint density at radius 1 is 1.41 bits per heavy atom. The molecule has 1 saturated carbocycles. The van der Waals surface area contributed by atoms with E-state index in [-0.39, 0.29) is 11.5 Å². The number of phenolic OH excluding ortho intramolecular Hbond substituents is 1. The van der Waals surface area contributed by atoms with E-state index in [4.69, 9.17) is 11.6 Å². The number of aromatic hydroxyl groups is 1. The van der Waals surface area contributed by atoms with E-state index >= 15 is 0 Å². The van der Waals surface area contributed by atoms with Crippen molar-refractivity contribution >= 4 is 17.4 Å². The molecule has 0 heterocycles. The van der Waals surface area contributed by atoms with Gasteiger partial charge in [0.2, 0.25) is 0 Å². The van der Waals surface area contributed by atoms with Crippen LogP contribution in [0, 0.1) is 0 Å². The summed E-state index contributed by atoms with van der Waals surface area (Å²) in [6.45, 7) is 0. The molecule has 1 unspecified atom stereocenters. The van der Waals surface area contributed by atoms with Gasteiger partial charge in [-0.2, -0.15) is 0 Å². The van der Waals surface area contributed by atoms with Gasteiger partial charge in [0.05, 0.1) is 0 Å². The first-order chi connectivity index (χ1) is 8.10. The summed E-state index contributed by atoms with van der Waals surface area (Å²) in [5.74, 6) is 0.298. The third kappa shape index (κ3) is 2.05. The van der Waals surface area contributed by atoms with Crippen LogP contribution in [0.2, 0.25) is 5.02 Å². The summed E-state index contributed by atoms with van der Waals surface area (Å²) < 4.78 is 0. The normalized spacial score (nSPS) is 24.9. The summed E-state index contributed by atoms with van der Waals surface area (Å²) in [4.78, 5) is 12.2. The van der Waals surface area contributed by atoms with Gasteiger partial charge in [-0.3, -0.25) is 4.79 Å². The van der Waals surface area contributed by atoms with Crippen molar-refractivity contribution < 1.29 is 9.90 Å². The van der Waals surface area contributed by atoms with E-state index in [9.17, 15) is 9.90 Å². The summed E-state index contributed by atoms with van der Waals surface area (Å²) >= 11 is 6.14. The molecule has 3 nitrogen and oxygen atoms in total. The fourth-order valence-corrected chi connectivity index (χ4v) is 2.90. The Hall–Kier alpha value is -1.06. The van der Waals surface area contributed by atoms with E-state index in [1.54, 1.807) is 19.2 Å². The largest absolute Gasteiger partial charge is 0.508 e. The first-order valence-electron chi connectivity index (χ1n) is 5.81. The quantitative estimate of drug-likeness (QED) is 0.852. The van der Waals surface area contributed by atoms with Gasteiger partial charge in [0, 0.05) is 11.4 Å². The highest BCUT2D eigenvalue weighted by Crippen LogP contribution is 2.38. The molecule has 4 heteroatoms. The molecule has 0 saturated heterocycles. The molecule has 0 bridgehead atoms. The monoisotopic (exact) mass is 253 g/mol. The van der Waals surface area contributed by atoms with Crippen molar-refractivity contribution in [1.29, 1.82) is 0 Å². The number of nitrogens with one attached hydrogen (secondary N) is 1. The Labute approximate surface area is 106 Å². The molecule has 1 aliphatic rings. The molecule has 1 aromatic rings. The van der Waals surface area contributed by atoms with Gasteiger partial charge in [0.15, 0.2) is 5.78 Å². The molecule has 1 aliphatic carbocycles. The van der Waals surface area contributed by atoms with Crippen LogP contribution in [0.25, 0.3) is 0 Å². The molecule has 0 spiro atoms. The van der Waals surface area contributed by atoms with Gasteiger partial charge < -0.3 is 10.4 Å². The van der Waals surface area contributed by atoms with Gasteiger partial charge in [0.25, 0.3) is 0 Å². The summed E-state index contributed by atoms with van der Waals surface area (Å²) in [6.07, 6.45) is 3.28. The van der Waals surface area contributed by atoms with Crippen molar-refractivity contribution in [3.05, 3.63) is 28.8 Å². The van der Waals surface area contributed by atoms with Gasteiger partial charge >= 0.3 is 0 Å². The number of rotatable bonds is 2. The maximum atomic E-state index is 12.2. The minimum Gasteiger partial charge on any atom is -0.508 e. The van der Waals surface area contributed by atoms with E-state index in [1.807, 2.05) is 0 Å². The summed E-state index contributed by atoms with van der Waals surface area (Å²) in [5, 5.41) is 12.9. The number of phenols is 1. The Balaban J connectivity index is 2.50. The van der Waals surface area contributed by atoms with Crippen molar-refractivity contribution in [2.75, 3.05) is 7.05 Å². The molecular formula is C13H16ClNO2. The molecule has 1 aromatic carbocycles. The lowest BCUT2D eigenvalue weighted by Crippen LogP contribution is -2.49. The second-order valence-electron chi connectivity index (χ2n) is 4.45. The molecule has 0 aliphatic heterocycles. The van der Waals surface area contributed by atoms with Crippen LogP contribution in [0.1, 0.15) is 31.2 Å². The van der Waals surface area contributed by atoms with Gasteiger partial charge in [-0.1, -0.05) is 24.1 Å². The summed E-state index contributed by atoms with van der Waals surface area (Å²) in [6, 6.07) is 4.79. The lowest BCUT2D eigenvalue weighted by Gasteiger charge is -2.36. The van der Waals surface area contributed by atoms with Crippen molar-refractivity contribution in [1.82, 2.24) is 5.32 Å². The molecule has 0 radical (unpaired) electrons. The predicted octanol–water partition coefficient (Wildman–Crippen LogP) is 2.60. The van der Waals surface area contributed by atoms with Crippen LogP contribution in [0.3, 0.4) is 0 Å². The predicted molar refractivity (Wildman–Crippen MR) is 67.3 cm³/mol. The number of likely N-dealkylation sites (N-methyl/N-ethyl adjacent to an activating group) is 1. The number of carbonyl (C=O) groups excluding carboxylic acids is 1. The number of benzene rings is 1. The average Bonchev–Trinajstić information content (AvgIpc) is 2.31. The molecule has 2 N–H and O–H groups in total. The molecule has 92 valence electrons. The fraction of sp³-hybridized carbons (Fsp3) is 0.462. The number of halogens is 1. The minimum atomic E-state index is -0.678. The van der Waals surface area contributed by atoms with Gasteiger partial charge in [0.1, 0.15) is 11.3 Å². The van der Waals surface area contributed by atoms with E-state index in [1.165, 1.54) is 6.07 Å². The molecule has 1 atom stereocenters. The van der Waals surface area contributed by atoms with Crippen LogP contribution in [-0.4, -0.2) is 17.9 Å². The van der Waals surface area contributed by atoms with Crippen LogP contribution in [0.5, 0.6) is 5.75 Å². The van der Waals surface area contributed by atoms with Gasteiger partial charge in [-0.15, -0.1) is 0 Å². The third-order valence-electron chi connectivity index (χ3n) is 3.52. The van der Waals surface area contributed by atoms with Crippen LogP contribution < -0.4 is 5.32 Å². The lowest BCUT2D eigenvalue weighted by molar-refractivity contribution is -0.127. The summed E-state index contributed by atoms with van der Waals surface area (Å²) in [5.41, 5.74) is 0.0902. The average molecular weight is 254 g/mol. The molecular weight excluding hydrogens is 238 g/mol. The number of carbonyl (C=O) groups is 1. The number of hydrogen-bond acceptors (Lipinski definition) is 3. The second kappa shape index (κ2) is 4.67. The van der Waals surface area contributed by atoms with Crippen LogP contribution >= 0.6 is 11.6 Å². The van der Waals surface area contributed by atoms with Crippen LogP contribution in [-0.2, 0) is 10.3 Å². The number of Topliss-reactive ketones (excluding diaryl/α,β-unsaturated/α-hetero) is 1. The summed E-state index contributed by atoms with van der Waals surface area (Å²) in [7, 11) is 1.78. The highest BCUT2D eigenvalue weighted by Gasteiger charge is 2.41. The maximum Gasteiger partial charge on any atom is 0.157 e. The molecule has 17 heavy (non-hydrogen) atoms. The van der Waals surface area contributed by atoms with Gasteiger partial charge in [-0.25, -0.2) is 0 Å². The Morgan fingerprint density at radius 2 is 2.18 bits per heavy atom. The maximum absolute atomic E-state index is 12.2. The zero-order valence-electron chi connectivity index (χ0n) is 9.79. The van der Waals surface area contributed by atoms with E-state index in [0.29, 0.717) is 11.4 Å². The minimum absolute atomic E-state index is 0.119. The standard InChI is InChI=1S/C13H16ClNO2/c1-15-13(7-3-2-4-12(13)17)10-6-5-9(16)8-11(10)14/h5-6,8,15-16H,2-4,7H2,1H3. The lowest BCUT2D eigenvalue weighted by atomic mass is 9.75. The smallest absolute Gasteiger partial charge is 0.157 e. The van der Waals surface area contributed by atoms with E-state index < -0.39 is 5.54 Å². The Morgan fingerprint density at radius 3 is 2.76 bits per heavy atom. The highest BCUT2D eigenvalue weighted by atomic mass is 35.5. The van der Waals surface area contributed by atoms with Crippen molar-refractivity contribution in [2.24, 2.45) is 0 Å². The van der Waals surface area contributed by atoms with Gasteiger partial charge in [-0.05, 0) is 37.6 Å². The topological polar surface area (TPSA) is 49.3 Å². The molecule has 0 amide bonds. The first-order valence-corrected chi connectivity index (χ1v) is 6.19. The van der Waals surface area contributed by atoms with Crippen molar-refractivity contribution in [3.63, 3.8) is 0 Å². The fourth-order valence-electron chi connectivity index (χ4n) is 2.56. The third-order valence-corrected chi connectivity index (χ3v) is 3.83. The van der Waals surface area contributed by atoms with E-state index in [0.717, 1.165) is 24.8 Å². The number of hydrogen-bond donors (Lipinski definition) is 2. The molecule has 2 rings (SSSR count). The molecule has 0 aromatic heterocycles. The SMILES string of the molecule is CNC1(c2ccc(O)cc2Cl)CCCCC1=O. The van der Waals surface area contributed by atoms with Crippen LogP contribution in [0.4, 0.5) is 0 Å². The Bertz CT molecular complexity index is 447. The van der Waals surface area contributed by atoms with Crippen molar-refractivity contribution in [2.45, 2.75) is 31.2 Å². The Kier molecular flexibility index (Phi) is 3.40. The number of ketones is 1. The van der Waals surface area contributed by atoms with E-state index in [2.05, 4.69) is 5.32 Å². The highest BCUT2D eigenvalue weighted by molar-refractivity contribution is 6.32. The second-order valence-corrected chi connectivity index (χ2v) is 4.86. The van der Waals surface area contributed by atoms with Crippen molar-refractivity contribution in [3.8, 4) is 5.75 Å².